The quantitative estimate of drug-likeness (QED) is 0.862. The maximum absolute atomic E-state index is 12.5. The van der Waals surface area contributed by atoms with E-state index in [9.17, 15) is 4.79 Å². The molecule has 104 valence electrons. The normalized spacial score (nSPS) is 18.3. The number of amides is 1. The van der Waals surface area contributed by atoms with E-state index in [4.69, 9.17) is 5.73 Å². The summed E-state index contributed by atoms with van der Waals surface area (Å²) in [5.41, 5.74) is 6.98. The van der Waals surface area contributed by atoms with E-state index in [1.54, 1.807) is 0 Å². The van der Waals surface area contributed by atoms with E-state index >= 15 is 0 Å². The average molecular weight is 261 g/mol. The molecule has 1 aromatic carbocycles. The lowest BCUT2D eigenvalue weighted by Gasteiger charge is -2.34. The zero-order chi connectivity index (χ0) is 13.7. The Kier molecular flexibility index (Phi) is 4.93. The summed E-state index contributed by atoms with van der Waals surface area (Å²) in [6, 6.07) is 10.1. The van der Waals surface area contributed by atoms with Crippen LogP contribution >= 0.6 is 0 Å². The van der Waals surface area contributed by atoms with Crippen molar-refractivity contribution in [2.24, 2.45) is 11.7 Å². The molecule has 1 fully saturated rings. The highest BCUT2D eigenvalue weighted by molar-refractivity contribution is 5.79. The molecular formula is C15H23N3O. The van der Waals surface area contributed by atoms with Crippen LogP contribution in [0.1, 0.15) is 5.56 Å². The van der Waals surface area contributed by atoms with E-state index in [1.165, 1.54) is 5.56 Å². The molecule has 1 heterocycles. The topological polar surface area (TPSA) is 49.6 Å². The molecular weight excluding hydrogens is 238 g/mol. The van der Waals surface area contributed by atoms with Crippen molar-refractivity contribution in [2.45, 2.75) is 6.42 Å². The van der Waals surface area contributed by atoms with Gasteiger partial charge in [0.1, 0.15) is 0 Å². The number of nitrogens with two attached hydrogens (primary N) is 1. The minimum Gasteiger partial charge on any atom is -0.340 e. The summed E-state index contributed by atoms with van der Waals surface area (Å²) in [5.74, 6) is 0.116. The zero-order valence-electron chi connectivity index (χ0n) is 11.6. The molecule has 1 saturated heterocycles. The number of nitrogens with zero attached hydrogens (tertiary/aromatic N) is 2. The van der Waals surface area contributed by atoms with Crippen LogP contribution in [0.5, 0.6) is 0 Å². The number of hydrogen-bond donors (Lipinski definition) is 1. The predicted molar refractivity (Wildman–Crippen MR) is 76.8 cm³/mol. The van der Waals surface area contributed by atoms with Gasteiger partial charge in [0.2, 0.25) is 5.91 Å². The monoisotopic (exact) mass is 261 g/mol. The summed E-state index contributed by atoms with van der Waals surface area (Å²) in [7, 11) is 2.09. The van der Waals surface area contributed by atoms with Crippen LogP contribution < -0.4 is 5.73 Å². The Morgan fingerprint density at radius 3 is 2.42 bits per heavy atom. The van der Waals surface area contributed by atoms with Crippen molar-refractivity contribution >= 4 is 5.91 Å². The van der Waals surface area contributed by atoms with E-state index in [2.05, 4.69) is 24.1 Å². The van der Waals surface area contributed by atoms with Crippen LogP contribution in [0, 0.1) is 5.92 Å². The van der Waals surface area contributed by atoms with Gasteiger partial charge >= 0.3 is 0 Å². The first-order chi connectivity index (χ1) is 9.20. The lowest BCUT2D eigenvalue weighted by Crippen LogP contribution is -2.50. The van der Waals surface area contributed by atoms with Gasteiger partial charge in [0.05, 0.1) is 5.92 Å². The van der Waals surface area contributed by atoms with Gasteiger partial charge in [-0.25, -0.2) is 0 Å². The molecule has 0 bridgehead atoms. The van der Waals surface area contributed by atoms with Crippen LogP contribution in [0.25, 0.3) is 0 Å². The number of carbonyl (C=O) groups is 1. The third-order valence-corrected chi connectivity index (χ3v) is 3.77. The second-order valence-corrected chi connectivity index (χ2v) is 5.25. The maximum Gasteiger partial charge on any atom is 0.227 e. The third kappa shape index (κ3) is 3.78. The van der Waals surface area contributed by atoms with Gasteiger partial charge in [-0.3, -0.25) is 4.79 Å². The van der Waals surface area contributed by atoms with E-state index < -0.39 is 0 Å². The molecule has 2 N–H and O–H groups in total. The number of piperazine rings is 1. The standard InChI is InChI=1S/C15H23N3O/c1-17-7-9-18(10-8-17)15(19)14(12-16)11-13-5-3-2-4-6-13/h2-6,14H,7-12,16H2,1H3. The Morgan fingerprint density at radius 1 is 1.21 bits per heavy atom. The Bertz CT molecular complexity index is 399. The number of carbonyl (C=O) groups excluding carboxylic acids is 1. The molecule has 1 aliphatic heterocycles. The number of hydrogen-bond acceptors (Lipinski definition) is 3. The molecule has 2 rings (SSSR count). The van der Waals surface area contributed by atoms with E-state index in [0.717, 1.165) is 32.6 Å². The molecule has 1 unspecified atom stereocenters. The molecule has 0 aliphatic carbocycles. The number of benzene rings is 1. The van der Waals surface area contributed by atoms with Gasteiger partial charge in [-0.1, -0.05) is 30.3 Å². The fourth-order valence-corrected chi connectivity index (χ4v) is 2.46. The lowest BCUT2D eigenvalue weighted by molar-refractivity contribution is -0.136. The lowest BCUT2D eigenvalue weighted by atomic mass is 9.97. The van der Waals surface area contributed by atoms with Crippen molar-refractivity contribution in [3.63, 3.8) is 0 Å². The van der Waals surface area contributed by atoms with Crippen LogP contribution in [0.4, 0.5) is 0 Å². The minimum absolute atomic E-state index is 0.0918. The van der Waals surface area contributed by atoms with Crippen molar-refractivity contribution in [3.8, 4) is 0 Å². The zero-order valence-corrected chi connectivity index (χ0v) is 11.6. The van der Waals surface area contributed by atoms with Crippen LogP contribution in [-0.4, -0.2) is 55.5 Å². The molecule has 0 saturated carbocycles. The smallest absolute Gasteiger partial charge is 0.227 e. The van der Waals surface area contributed by atoms with Gasteiger partial charge in [-0.15, -0.1) is 0 Å². The van der Waals surface area contributed by atoms with Crippen molar-refractivity contribution in [1.29, 1.82) is 0 Å². The van der Waals surface area contributed by atoms with Crippen molar-refractivity contribution in [3.05, 3.63) is 35.9 Å². The fourth-order valence-electron chi connectivity index (χ4n) is 2.46. The van der Waals surface area contributed by atoms with Crippen LogP contribution in [-0.2, 0) is 11.2 Å². The highest BCUT2D eigenvalue weighted by Crippen LogP contribution is 2.12. The number of rotatable bonds is 4. The van der Waals surface area contributed by atoms with Crippen LogP contribution in [0.2, 0.25) is 0 Å². The highest BCUT2D eigenvalue weighted by atomic mass is 16.2. The third-order valence-electron chi connectivity index (χ3n) is 3.77. The van der Waals surface area contributed by atoms with Gasteiger partial charge in [0.25, 0.3) is 0 Å². The van der Waals surface area contributed by atoms with E-state index in [0.29, 0.717) is 6.54 Å². The molecule has 1 atom stereocenters. The second-order valence-electron chi connectivity index (χ2n) is 5.25. The average Bonchev–Trinajstić information content (AvgIpc) is 2.46. The molecule has 19 heavy (non-hydrogen) atoms. The Morgan fingerprint density at radius 2 is 1.84 bits per heavy atom. The molecule has 1 aromatic rings. The molecule has 0 spiro atoms. The SMILES string of the molecule is CN1CCN(C(=O)C(CN)Cc2ccccc2)CC1. The summed E-state index contributed by atoms with van der Waals surface area (Å²) >= 11 is 0. The summed E-state index contributed by atoms with van der Waals surface area (Å²) in [6.07, 6.45) is 0.739. The van der Waals surface area contributed by atoms with Crippen LogP contribution in [0.15, 0.2) is 30.3 Å². The fraction of sp³-hybridized carbons (Fsp3) is 0.533. The molecule has 0 radical (unpaired) electrons. The molecule has 4 heteroatoms. The second kappa shape index (κ2) is 6.68. The highest BCUT2D eigenvalue weighted by Gasteiger charge is 2.25. The van der Waals surface area contributed by atoms with Gasteiger partial charge < -0.3 is 15.5 Å². The first-order valence-corrected chi connectivity index (χ1v) is 6.92. The Balaban J connectivity index is 1.95. The molecule has 1 amide bonds. The van der Waals surface area contributed by atoms with Gasteiger partial charge in [-0.2, -0.15) is 0 Å². The minimum atomic E-state index is -0.0918. The van der Waals surface area contributed by atoms with Crippen LogP contribution in [0.3, 0.4) is 0 Å². The van der Waals surface area contributed by atoms with E-state index in [1.807, 2.05) is 23.1 Å². The molecule has 0 aromatic heterocycles. The van der Waals surface area contributed by atoms with Crippen molar-refractivity contribution < 1.29 is 4.79 Å². The first-order valence-electron chi connectivity index (χ1n) is 6.92. The summed E-state index contributed by atoms with van der Waals surface area (Å²) in [4.78, 5) is 16.7. The van der Waals surface area contributed by atoms with Crippen molar-refractivity contribution in [1.82, 2.24) is 9.80 Å². The summed E-state index contributed by atoms with van der Waals surface area (Å²) in [6.45, 7) is 3.96. The summed E-state index contributed by atoms with van der Waals surface area (Å²) in [5, 5.41) is 0. The van der Waals surface area contributed by atoms with Gasteiger partial charge in [0, 0.05) is 32.7 Å². The first kappa shape index (κ1) is 14.0. The summed E-state index contributed by atoms with van der Waals surface area (Å²) < 4.78 is 0. The Hall–Kier alpha value is -1.39. The maximum atomic E-state index is 12.5. The Labute approximate surface area is 115 Å². The van der Waals surface area contributed by atoms with Gasteiger partial charge in [0.15, 0.2) is 0 Å². The van der Waals surface area contributed by atoms with E-state index in [-0.39, 0.29) is 11.8 Å². The largest absolute Gasteiger partial charge is 0.340 e. The molecule has 1 aliphatic rings. The van der Waals surface area contributed by atoms with Crippen molar-refractivity contribution in [2.75, 3.05) is 39.8 Å². The predicted octanol–water partition coefficient (Wildman–Crippen LogP) is 0.578. The van der Waals surface area contributed by atoms with Gasteiger partial charge in [-0.05, 0) is 19.0 Å². The molecule has 4 nitrogen and oxygen atoms in total. The number of likely N-dealkylation sites (N-methyl/N-ethyl adjacent to an activating group) is 1.